The summed E-state index contributed by atoms with van der Waals surface area (Å²) in [6.45, 7) is 2.97. The fourth-order valence-electron chi connectivity index (χ4n) is 2.94. The Hall–Kier alpha value is -2.73. The van der Waals surface area contributed by atoms with Gasteiger partial charge in [0.25, 0.3) is 0 Å². The molecule has 1 N–H and O–H groups in total. The normalized spacial score (nSPS) is 13.5. The lowest BCUT2D eigenvalue weighted by Crippen LogP contribution is -2.40. The van der Waals surface area contributed by atoms with Crippen LogP contribution < -0.4 is 19.5 Å². The van der Waals surface area contributed by atoms with Gasteiger partial charge in [0.05, 0.1) is 13.2 Å². The predicted octanol–water partition coefficient (Wildman–Crippen LogP) is 3.32. The Morgan fingerprint density at radius 3 is 2.67 bits per heavy atom. The predicted molar refractivity (Wildman–Crippen MR) is 105 cm³/mol. The molecule has 1 heterocycles. The van der Waals surface area contributed by atoms with Crippen molar-refractivity contribution in [2.24, 2.45) is 0 Å². The third-order valence-corrected chi connectivity index (χ3v) is 4.82. The van der Waals surface area contributed by atoms with Crippen LogP contribution in [0.2, 0.25) is 0 Å². The molecule has 0 radical (unpaired) electrons. The highest BCUT2D eigenvalue weighted by Gasteiger charge is 2.19. The van der Waals surface area contributed by atoms with E-state index in [-0.39, 0.29) is 18.7 Å². The molecule has 6 nitrogen and oxygen atoms in total. The monoisotopic (exact) mass is 370 g/mol. The number of hydrogen-bond acceptors (Lipinski definition) is 5. The van der Waals surface area contributed by atoms with Gasteiger partial charge in [-0.1, -0.05) is 12.1 Å². The lowest BCUT2D eigenvalue weighted by atomic mass is 10.1. The smallest absolute Gasteiger partial charge is 0.241 e. The Kier molecular flexibility index (Phi) is 6.19. The molecule has 1 unspecified atom stereocenters. The summed E-state index contributed by atoms with van der Waals surface area (Å²) in [5, 5.41) is 2.94. The molecular weight excluding hydrogens is 344 g/mol. The molecule has 0 spiro atoms. The first kappa shape index (κ1) is 19.0. The Bertz CT molecular complexity index is 776. The van der Waals surface area contributed by atoms with Gasteiger partial charge in [-0.05, 0) is 63.2 Å². The largest absolute Gasteiger partial charge is 0.497 e. The molecule has 1 aliphatic rings. The van der Waals surface area contributed by atoms with E-state index in [9.17, 15) is 4.79 Å². The number of nitrogens with one attached hydrogen (secondary N) is 1. The van der Waals surface area contributed by atoms with Gasteiger partial charge in [0, 0.05) is 11.8 Å². The minimum absolute atomic E-state index is 0.0409. The summed E-state index contributed by atoms with van der Waals surface area (Å²) in [7, 11) is 3.64. The number of amides is 1. The third kappa shape index (κ3) is 4.92. The van der Waals surface area contributed by atoms with Gasteiger partial charge >= 0.3 is 0 Å². The first-order valence-electron chi connectivity index (χ1n) is 9.10. The first-order chi connectivity index (χ1) is 13.1. The highest BCUT2D eigenvalue weighted by molar-refractivity contribution is 5.94. The summed E-state index contributed by atoms with van der Waals surface area (Å²) in [6, 6.07) is 13.3. The zero-order valence-corrected chi connectivity index (χ0v) is 16.0. The van der Waals surface area contributed by atoms with E-state index in [1.807, 2.05) is 32.2 Å². The molecule has 0 saturated carbocycles. The molecule has 144 valence electrons. The van der Waals surface area contributed by atoms with E-state index in [0.29, 0.717) is 17.2 Å². The van der Waals surface area contributed by atoms with Crippen LogP contribution in [0.3, 0.4) is 0 Å². The molecule has 0 fully saturated rings. The van der Waals surface area contributed by atoms with Crippen LogP contribution in [0, 0.1) is 0 Å². The van der Waals surface area contributed by atoms with Crippen molar-refractivity contribution in [3.63, 3.8) is 0 Å². The fraction of sp³-hybridized carbons (Fsp3) is 0.381. The van der Waals surface area contributed by atoms with Crippen LogP contribution in [0.15, 0.2) is 42.5 Å². The second-order valence-corrected chi connectivity index (χ2v) is 6.67. The minimum atomic E-state index is -0.230. The number of rotatable bonds is 8. The molecule has 0 saturated heterocycles. The average Bonchev–Trinajstić information content (AvgIpc) is 3.15. The SMILES string of the molecule is COc1ccc(CCCN(C)C(C)C(=O)Nc2ccc3c(c2)OCO3)cc1. The lowest BCUT2D eigenvalue weighted by Gasteiger charge is -2.24. The number of hydrogen-bond donors (Lipinski definition) is 1. The van der Waals surface area contributed by atoms with Gasteiger partial charge in [-0.25, -0.2) is 0 Å². The van der Waals surface area contributed by atoms with Crippen molar-refractivity contribution in [3.05, 3.63) is 48.0 Å². The van der Waals surface area contributed by atoms with E-state index >= 15 is 0 Å². The van der Waals surface area contributed by atoms with Crippen molar-refractivity contribution in [1.82, 2.24) is 4.90 Å². The maximum absolute atomic E-state index is 12.5. The number of fused-ring (bicyclic) bond motifs is 1. The number of aryl methyl sites for hydroxylation is 1. The molecular formula is C21H26N2O4. The molecule has 3 rings (SSSR count). The van der Waals surface area contributed by atoms with E-state index < -0.39 is 0 Å². The molecule has 6 heteroatoms. The van der Waals surface area contributed by atoms with Crippen molar-refractivity contribution < 1.29 is 19.0 Å². The van der Waals surface area contributed by atoms with Crippen LogP contribution in [0.25, 0.3) is 0 Å². The van der Waals surface area contributed by atoms with Gasteiger partial charge < -0.3 is 19.5 Å². The topological polar surface area (TPSA) is 60.0 Å². The maximum atomic E-state index is 12.5. The van der Waals surface area contributed by atoms with Gasteiger partial charge in [0.2, 0.25) is 12.7 Å². The van der Waals surface area contributed by atoms with Gasteiger partial charge in [-0.3, -0.25) is 9.69 Å². The number of anilines is 1. The number of likely N-dealkylation sites (N-methyl/N-ethyl adjacent to an activating group) is 1. The third-order valence-electron chi connectivity index (χ3n) is 4.82. The summed E-state index contributed by atoms with van der Waals surface area (Å²) in [4.78, 5) is 14.6. The second kappa shape index (κ2) is 8.77. The van der Waals surface area contributed by atoms with Gasteiger partial charge in [-0.2, -0.15) is 0 Å². The van der Waals surface area contributed by atoms with Crippen molar-refractivity contribution in [3.8, 4) is 17.2 Å². The molecule has 2 aromatic carbocycles. The van der Waals surface area contributed by atoms with Gasteiger partial charge in [-0.15, -0.1) is 0 Å². The highest BCUT2D eigenvalue weighted by atomic mass is 16.7. The number of methoxy groups -OCH3 is 1. The minimum Gasteiger partial charge on any atom is -0.497 e. The van der Waals surface area contributed by atoms with Gasteiger partial charge in [0.1, 0.15) is 5.75 Å². The second-order valence-electron chi connectivity index (χ2n) is 6.67. The van der Waals surface area contributed by atoms with Crippen LogP contribution in [0.5, 0.6) is 17.2 Å². The summed E-state index contributed by atoms with van der Waals surface area (Å²) in [6.07, 6.45) is 1.94. The molecule has 0 aliphatic carbocycles. The first-order valence-corrected chi connectivity index (χ1v) is 9.10. The van der Waals surface area contributed by atoms with Crippen LogP contribution in [-0.2, 0) is 11.2 Å². The van der Waals surface area contributed by atoms with Crippen LogP contribution in [0.1, 0.15) is 18.9 Å². The Morgan fingerprint density at radius 2 is 1.93 bits per heavy atom. The molecule has 0 aromatic heterocycles. The van der Waals surface area contributed by atoms with Crippen molar-refractivity contribution in [2.75, 3.05) is 32.8 Å². The molecule has 0 bridgehead atoms. The van der Waals surface area contributed by atoms with E-state index in [1.54, 1.807) is 19.2 Å². The number of ether oxygens (including phenoxy) is 3. The zero-order valence-electron chi connectivity index (χ0n) is 16.0. The number of carbonyl (C=O) groups is 1. The van der Waals surface area contributed by atoms with Crippen molar-refractivity contribution >= 4 is 11.6 Å². The lowest BCUT2D eigenvalue weighted by molar-refractivity contribution is -0.120. The summed E-state index contributed by atoms with van der Waals surface area (Å²) < 4.78 is 15.8. The standard InChI is InChI=1S/C21H26N2O4/c1-15(21(24)22-17-8-11-19-20(13-17)27-14-26-19)23(2)12-4-5-16-6-9-18(25-3)10-7-16/h6-11,13,15H,4-5,12,14H2,1-3H3,(H,22,24). The number of benzene rings is 2. The Balaban J connectivity index is 1.46. The average molecular weight is 370 g/mol. The maximum Gasteiger partial charge on any atom is 0.241 e. The number of nitrogens with zero attached hydrogens (tertiary/aromatic N) is 1. The number of carbonyl (C=O) groups excluding carboxylic acids is 1. The van der Waals surface area contributed by atoms with E-state index in [1.165, 1.54) is 5.56 Å². The molecule has 27 heavy (non-hydrogen) atoms. The quantitative estimate of drug-likeness (QED) is 0.772. The van der Waals surface area contributed by atoms with Crippen molar-refractivity contribution in [1.29, 1.82) is 0 Å². The molecule has 1 atom stereocenters. The Morgan fingerprint density at radius 1 is 1.19 bits per heavy atom. The van der Waals surface area contributed by atoms with E-state index in [2.05, 4.69) is 22.3 Å². The van der Waals surface area contributed by atoms with Crippen LogP contribution >= 0.6 is 0 Å². The van der Waals surface area contributed by atoms with Crippen molar-refractivity contribution in [2.45, 2.75) is 25.8 Å². The molecule has 2 aromatic rings. The fourth-order valence-corrected chi connectivity index (χ4v) is 2.94. The van der Waals surface area contributed by atoms with Crippen LogP contribution in [-0.4, -0.2) is 44.3 Å². The Labute approximate surface area is 160 Å². The highest BCUT2D eigenvalue weighted by Crippen LogP contribution is 2.34. The molecule has 1 aliphatic heterocycles. The van der Waals surface area contributed by atoms with Crippen LogP contribution in [0.4, 0.5) is 5.69 Å². The van der Waals surface area contributed by atoms with E-state index in [0.717, 1.165) is 25.1 Å². The summed E-state index contributed by atoms with van der Waals surface area (Å²) in [5.74, 6) is 2.19. The summed E-state index contributed by atoms with van der Waals surface area (Å²) >= 11 is 0. The van der Waals surface area contributed by atoms with E-state index in [4.69, 9.17) is 14.2 Å². The molecule has 1 amide bonds. The summed E-state index contributed by atoms with van der Waals surface area (Å²) in [5.41, 5.74) is 1.98. The van der Waals surface area contributed by atoms with Gasteiger partial charge in [0.15, 0.2) is 11.5 Å². The zero-order chi connectivity index (χ0) is 19.2.